The zero-order chi connectivity index (χ0) is 9.10. The average Bonchev–Trinajstić information content (AvgIpc) is 2.67. The molecule has 0 atom stereocenters. The summed E-state index contributed by atoms with van der Waals surface area (Å²) in [5.41, 5.74) is 1.02. The van der Waals surface area contributed by atoms with Crippen LogP contribution in [0.2, 0.25) is 0 Å². The van der Waals surface area contributed by atoms with Crippen LogP contribution in [0.15, 0.2) is 24.5 Å². The molecule has 0 aliphatic carbocycles. The van der Waals surface area contributed by atoms with Crippen LogP contribution < -0.4 is 0 Å². The van der Waals surface area contributed by atoms with Crippen molar-refractivity contribution in [3.05, 3.63) is 30.4 Å². The van der Waals surface area contributed by atoms with E-state index >= 15 is 0 Å². The Morgan fingerprint density at radius 3 is 2.62 bits per heavy atom. The Balaban J connectivity index is 2.36. The molecule has 66 valence electrons. The third kappa shape index (κ3) is 1.56. The van der Waals surface area contributed by atoms with E-state index in [1.54, 1.807) is 12.4 Å². The Morgan fingerprint density at radius 2 is 2.00 bits per heavy atom. The molecule has 0 spiro atoms. The van der Waals surface area contributed by atoms with Crippen LogP contribution in [0.25, 0.3) is 11.4 Å². The Kier molecular flexibility index (Phi) is 2.04. The van der Waals surface area contributed by atoms with E-state index in [-0.39, 0.29) is 0 Å². The van der Waals surface area contributed by atoms with Gasteiger partial charge < -0.3 is 4.98 Å². The van der Waals surface area contributed by atoms with Gasteiger partial charge >= 0.3 is 0 Å². The number of aromatic amines is 1. The number of H-pyrrole nitrogens is 1. The first kappa shape index (κ1) is 7.91. The van der Waals surface area contributed by atoms with Crippen molar-refractivity contribution in [1.82, 2.24) is 20.2 Å². The maximum Gasteiger partial charge on any atom is 0.161 e. The fourth-order valence-corrected chi connectivity index (χ4v) is 1.10. The predicted octanol–water partition coefficient (Wildman–Crippen LogP) is 1.43. The first-order valence-electron chi connectivity index (χ1n) is 4.22. The maximum absolute atomic E-state index is 4.02. The number of nitrogens with zero attached hydrogens (tertiary/aromatic N) is 3. The van der Waals surface area contributed by atoms with E-state index in [2.05, 4.69) is 20.2 Å². The Bertz CT molecular complexity index is 380. The van der Waals surface area contributed by atoms with E-state index < -0.39 is 0 Å². The molecule has 0 aromatic carbocycles. The highest BCUT2D eigenvalue weighted by Crippen LogP contribution is 2.12. The van der Waals surface area contributed by atoms with Gasteiger partial charge in [-0.1, -0.05) is 6.92 Å². The van der Waals surface area contributed by atoms with Gasteiger partial charge in [-0.3, -0.25) is 4.98 Å². The minimum Gasteiger partial charge on any atom is -0.325 e. The van der Waals surface area contributed by atoms with Crippen molar-refractivity contribution in [3.63, 3.8) is 0 Å². The molecule has 13 heavy (non-hydrogen) atoms. The smallest absolute Gasteiger partial charge is 0.161 e. The number of pyridine rings is 1. The Hall–Kier alpha value is -1.71. The van der Waals surface area contributed by atoms with Gasteiger partial charge in [-0.15, -0.1) is 10.2 Å². The summed E-state index contributed by atoms with van der Waals surface area (Å²) in [5, 5.41) is 8.01. The molecule has 0 bridgehead atoms. The molecule has 2 aromatic rings. The summed E-state index contributed by atoms with van der Waals surface area (Å²) in [4.78, 5) is 7.06. The third-order valence-corrected chi connectivity index (χ3v) is 1.82. The second kappa shape index (κ2) is 3.35. The zero-order valence-corrected chi connectivity index (χ0v) is 7.36. The van der Waals surface area contributed by atoms with Gasteiger partial charge in [-0.25, -0.2) is 0 Å². The zero-order valence-electron chi connectivity index (χ0n) is 7.36. The largest absolute Gasteiger partial charge is 0.325 e. The third-order valence-electron chi connectivity index (χ3n) is 1.82. The molecule has 2 rings (SSSR count). The summed E-state index contributed by atoms with van der Waals surface area (Å²) in [6.07, 6.45) is 4.35. The molecule has 0 aliphatic rings. The molecule has 4 heteroatoms. The Labute approximate surface area is 76.1 Å². The van der Waals surface area contributed by atoms with Crippen LogP contribution in [-0.4, -0.2) is 20.2 Å². The van der Waals surface area contributed by atoms with E-state index in [1.807, 2.05) is 19.1 Å². The highest BCUT2D eigenvalue weighted by molar-refractivity contribution is 5.52. The second-order valence-corrected chi connectivity index (χ2v) is 2.71. The average molecular weight is 174 g/mol. The summed E-state index contributed by atoms with van der Waals surface area (Å²) < 4.78 is 0. The van der Waals surface area contributed by atoms with Crippen LogP contribution in [0.5, 0.6) is 0 Å². The van der Waals surface area contributed by atoms with Crippen LogP contribution in [0.1, 0.15) is 12.7 Å². The standard InChI is InChI=1S/C9H10N4/c1-2-8-11-9(13-12-8)7-3-5-10-6-4-7/h3-6H,2H2,1H3,(H,11,12,13). The number of rotatable bonds is 2. The summed E-state index contributed by atoms with van der Waals surface area (Å²) >= 11 is 0. The number of nitrogens with one attached hydrogen (secondary N) is 1. The minimum atomic E-state index is 0.805. The summed E-state index contributed by atoms with van der Waals surface area (Å²) in [6.45, 7) is 2.04. The molecule has 1 N–H and O–H groups in total. The first-order chi connectivity index (χ1) is 6.40. The highest BCUT2D eigenvalue weighted by atomic mass is 15.2. The lowest BCUT2D eigenvalue weighted by Crippen LogP contribution is -1.82. The van der Waals surface area contributed by atoms with E-state index in [4.69, 9.17) is 0 Å². The molecule has 2 heterocycles. The van der Waals surface area contributed by atoms with Gasteiger partial charge in [0.1, 0.15) is 5.82 Å². The van der Waals surface area contributed by atoms with Gasteiger partial charge in [0.25, 0.3) is 0 Å². The van der Waals surface area contributed by atoms with Crippen molar-refractivity contribution in [1.29, 1.82) is 0 Å². The molecule has 2 aromatic heterocycles. The summed E-state index contributed by atoms with van der Waals surface area (Å²) in [7, 11) is 0. The molecular formula is C9H10N4. The molecule has 0 unspecified atom stereocenters. The van der Waals surface area contributed by atoms with Crippen LogP contribution >= 0.6 is 0 Å². The second-order valence-electron chi connectivity index (χ2n) is 2.71. The van der Waals surface area contributed by atoms with Crippen molar-refractivity contribution in [3.8, 4) is 11.4 Å². The van der Waals surface area contributed by atoms with Gasteiger partial charge in [0.15, 0.2) is 5.82 Å². The van der Waals surface area contributed by atoms with Crippen LogP contribution in [-0.2, 0) is 6.42 Å². The normalized spacial score (nSPS) is 10.2. The fourth-order valence-electron chi connectivity index (χ4n) is 1.10. The minimum absolute atomic E-state index is 0.805. The first-order valence-corrected chi connectivity index (χ1v) is 4.22. The van der Waals surface area contributed by atoms with Gasteiger partial charge in [-0.2, -0.15) is 0 Å². The van der Waals surface area contributed by atoms with Crippen molar-refractivity contribution in [2.75, 3.05) is 0 Å². The lowest BCUT2D eigenvalue weighted by molar-refractivity contribution is 0.946. The number of hydrogen-bond donors (Lipinski definition) is 1. The van der Waals surface area contributed by atoms with Crippen molar-refractivity contribution in [2.24, 2.45) is 0 Å². The van der Waals surface area contributed by atoms with Gasteiger partial charge in [0, 0.05) is 24.4 Å². The number of aromatic nitrogens is 4. The molecule has 4 nitrogen and oxygen atoms in total. The summed E-state index contributed by atoms with van der Waals surface area (Å²) in [5.74, 6) is 1.71. The number of aryl methyl sites for hydroxylation is 1. The van der Waals surface area contributed by atoms with Crippen molar-refractivity contribution in [2.45, 2.75) is 13.3 Å². The molecule has 0 amide bonds. The SMILES string of the molecule is CCc1nnc(-c2ccncc2)[nH]1. The highest BCUT2D eigenvalue weighted by Gasteiger charge is 2.02. The predicted molar refractivity (Wildman–Crippen MR) is 49.0 cm³/mol. The topological polar surface area (TPSA) is 54.5 Å². The van der Waals surface area contributed by atoms with Crippen LogP contribution in [0, 0.1) is 0 Å². The molecule has 0 fully saturated rings. The van der Waals surface area contributed by atoms with E-state index in [9.17, 15) is 0 Å². The molecule has 0 aliphatic heterocycles. The van der Waals surface area contributed by atoms with Crippen LogP contribution in [0.4, 0.5) is 0 Å². The van der Waals surface area contributed by atoms with E-state index in [0.717, 1.165) is 23.6 Å². The van der Waals surface area contributed by atoms with Crippen LogP contribution in [0.3, 0.4) is 0 Å². The lowest BCUT2D eigenvalue weighted by atomic mass is 10.2. The van der Waals surface area contributed by atoms with Crippen molar-refractivity contribution < 1.29 is 0 Å². The fraction of sp³-hybridized carbons (Fsp3) is 0.222. The quantitative estimate of drug-likeness (QED) is 0.749. The van der Waals surface area contributed by atoms with Gasteiger partial charge in [0.05, 0.1) is 0 Å². The molecule has 0 radical (unpaired) electrons. The van der Waals surface area contributed by atoms with Crippen molar-refractivity contribution >= 4 is 0 Å². The Morgan fingerprint density at radius 1 is 1.23 bits per heavy atom. The molecular weight excluding hydrogens is 164 g/mol. The van der Waals surface area contributed by atoms with E-state index in [0.29, 0.717) is 0 Å². The molecule has 0 saturated carbocycles. The summed E-state index contributed by atoms with van der Waals surface area (Å²) in [6, 6.07) is 3.81. The molecule has 0 saturated heterocycles. The number of hydrogen-bond acceptors (Lipinski definition) is 3. The van der Waals surface area contributed by atoms with Gasteiger partial charge in [0.2, 0.25) is 0 Å². The lowest BCUT2D eigenvalue weighted by Gasteiger charge is -1.92. The van der Waals surface area contributed by atoms with Gasteiger partial charge in [-0.05, 0) is 12.1 Å². The monoisotopic (exact) mass is 174 g/mol. The van der Waals surface area contributed by atoms with E-state index in [1.165, 1.54) is 0 Å². The maximum atomic E-state index is 4.02.